The van der Waals surface area contributed by atoms with Gasteiger partial charge in [0, 0.05) is 17.3 Å². The maximum Gasteiger partial charge on any atom is 0.325 e. The van der Waals surface area contributed by atoms with Gasteiger partial charge in [-0.15, -0.1) is 0 Å². The molecule has 2 heterocycles. The van der Waals surface area contributed by atoms with E-state index < -0.39 is 12.0 Å². The van der Waals surface area contributed by atoms with E-state index in [0.717, 1.165) is 22.6 Å². The first-order valence-electron chi connectivity index (χ1n) is 6.22. The number of anilines is 1. The van der Waals surface area contributed by atoms with Crippen molar-refractivity contribution in [3.63, 3.8) is 0 Å². The van der Waals surface area contributed by atoms with Crippen LogP contribution < -0.4 is 10.1 Å². The zero-order valence-electron chi connectivity index (χ0n) is 10.8. The van der Waals surface area contributed by atoms with Crippen LogP contribution in [0.3, 0.4) is 0 Å². The third-order valence-corrected chi connectivity index (χ3v) is 3.11. The highest BCUT2D eigenvalue weighted by molar-refractivity contribution is 5.76. The minimum atomic E-state index is -0.949. The Hall–Kier alpha value is -2.63. The second kappa shape index (κ2) is 4.80. The molecule has 0 aliphatic carbocycles. The fraction of sp³-hybridized carbons (Fsp3) is 0.214. The van der Waals surface area contributed by atoms with Gasteiger partial charge in [-0.3, -0.25) is 4.79 Å². The molecule has 1 aliphatic heterocycles. The summed E-state index contributed by atoms with van der Waals surface area (Å²) in [7, 11) is 0. The topological polar surface area (TPSA) is 84.3 Å². The van der Waals surface area contributed by atoms with Crippen LogP contribution in [0, 0.1) is 0 Å². The molecule has 1 aromatic carbocycles. The van der Waals surface area contributed by atoms with Gasteiger partial charge in [-0.25, -0.2) is 9.97 Å². The quantitative estimate of drug-likeness (QED) is 0.887. The van der Waals surface area contributed by atoms with Crippen LogP contribution in [-0.2, 0) is 11.4 Å². The van der Waals surface area contributed by atoms with Crippen molar-refractivity contribution in [1.82, 2.24) is 9.97 Å². The number of carbonyl (C=O) groups is 1. The van der Waals surface area contributed by atoms with Crippen LogP contribution in [0.2, 0.25) is 0 Å². The summed E-state index contributed by atoms with van der Waals surface area (Å²) in [6.07, 6.45) is 1.66. The van der Waals surface area contributed by atoms with Crippen molar-refractivity contribution in [2.75, 3.05) is 5.32 Å². The van der Waals surface area contributed by atoms with Gasteiger partial charge in [0.15, 0.2) is 0 Å². The molecule has 1 atom stereocenters. The van der Waals surface area contributed by atoms with Gasteiger partial charge in [-0.2, -0.15) is 0 Å². The van der Waals surface area contributed by atoms with Gasteiger partial charge in [-0.05, 0) is 19.1 Å². The maximum atomic E-state index is 10.9. The minimum Gasteiger partial charge on any atom is -0.488 e. The van der Waals surface area contributed by atoms with E-state index in [4.69, 9.17) is 9.84 Å². The van der Waals surface area contributed by atoms with E-state index in [-0.39, 0.29) is 0 Å². The summed E-state index contributed by atoms with van der Waals surface area (Å²) in [6, 6.07) is 6.87. The summed E-state index contributed by atoms with van der Waals surface area (Å²) in [5.41, 5.74) is 2.56. The molecule has 20 heavy (non-hydrogen) atoms. The fourth-order valence-electron chi connectivity index (χ4n) is 2.01. The van der Waals surface area contributed by atoms with Crippen molar-refractivity contribution in [3.05, 3.63) is 36.0 Å². The Balaban J connectivity index is 1.99. The Labute approximate surface area is 115 Å². The summed E-state index contributed by atoms with van der Waals surface area (Å²) < 4.78 is 5.61. The lowest BCUT2D eigenvalue weighted by molar-refractivity contribution is -0.137. The zero-order chi connectivity index (χ0) is 14.1. The highest BCUT2D eigenvalue weighted by atomic mass is 16.5. The molecule has 6 nitrogen and oxygen atoms in total. The van der Waals surface area contributed by atoms with Crippen LogP contribution in [0.4, 0.5) is 5.95 Å². The number of carboxylic acid groups (broad SMARTS) is 1. The number of para-hydroxylation sites is 1. The molecular weight excluding hydrogens is 258 g/mol. The molecule has 102 valence electrons. The number of aromatic nitrogens is 2. The van der Waals surface area contributed by atoms with E-state index in [1.807, 2.05) is 24.3 Å². The van der Waals surface area contributed by atoms with Crippen LogP contribution in [0.5, 0.6) is 5.75 Å². The number of nitrogens with zero attached hydrogens (tertiary/aromatic N) is 2. The molecule has 0 amide bonds. The van der Waals surface area contributed by atoms with Gasteiger partial charge >= 0.3 is 5.97 Å². The number of rotatable bonds is 3. The van der Waals surface area contributed by atoms with E-state index in [1.165, 1.54) is 0 Å². The standard InChI is InChI=1S/C14H13N3O3/c1-8(13(18)19)16-14-15-6-9-7-20-11-5-3-2-4-10(11)12(9)17-14/h2-6,8H,7H2,1H3,(H,18,19)(H,15,16,17)/t8-/m0/s1. The van der Waals surface area contributed by atoms with E-state index in [9.17, 15) is 4.79 Å². The Bertz CT molecular complexity index is 672. The van der Waals surface area contributed by atoms with Gasteiger partial charge in [0.2, 0.25) is 5.95 Å². The fourth-order valence-corrected chi connectivity index (χ4v) is 2.01. The average molecular weight is 271 g/mol. The van der Waals surface area contributed by atoms with Gasteiger partial charge in [0.25, 0.3) is 0 Å². The maximum absolute atomic E-state index is 10.9. The van der Waals surface area contributed by atoms with Crippen molar-refractivity contribution in [2.24, 2.45) is 0 Å². The second-order valence-corrected chi connectivity index (χ2v) is 4.56. The van der Waals surface area contributed by atoms with Crippen molar-refractivity contribution in [3.8, 4) is 17.0 Å². The summed E-state index contributed by atoms with van der Waals surface area (Å²) in [5, 5.41) is 11.7. The highest BCUT2D eigenvalue weighted by Gasteiger charge is 2.20. The van der Waals surface area contributed by atoms with Crippen LogP contribution >= 0.6 is 0 Å². The van der Waals surface area contributed by atoms with Crippen LogP contribution in [0.25, 0.3) is 11.3 Å². The van der Waals surface area contributed by atoms with E-state index >= 15 is 0 Å². The SMILES string of the molecule is C[C@H](Nc1ncc2c(n1)-c1ccccc1OC2)C(=O)O. The molecule has 2 aromatic rings. The average Bonchev–Trinajstić information content (AvgIpc) is 2.47. The molecule has 1 aromatic heterocycles. The highest BCUT2D eigenvalue weighted by Crippen LogP contribution is 2.35. The third kappa shape index (κ3) is 2.16. The smallest absolute Gasteiger partial charge is 0.325 e. The zero-order valence-corrected chi connectivity index (χ0v) is 10.8. The summed E-state index contributed by atoms with van der Waals surface area (Å²) in [5.74, 6) is 0.126. The Morgan fingerprint density at radius 3 is 3.05 bits per heavy atom. The molecule has 3 rings (SSSR count). The Kier molecular flexibility index (Phi) is 2.98. The number of aliphatic carboxylic acids is 1. The second-order valence-electron chi connectivity index (χ2n) is 4.56. The molecule has 0 saturated carbocycles. The number of nitrogens with one attached hydrogen (secondary N) is 1. The Morgan fingerprint density at radius 1 is 1.45 bits per heavy atom. The van der Waals surface area contributed by atoms with Crippen LogP contribution in [0.1, 0.15) is 12.5 Å². The predicted molar refractivity (Wildman–Crippen MR) is 72.5 cm³/mol. The summed E-state index contributed by atoms with van der Waals surface area (Å²) >= 11 is 0. The lowest BCUT2D eigenvalue weighted by Gasteiger charge is -2.20. The normalized spacial score (nSPS) is 13.7. The molecule has 1 aliphatic rings. The Morgan fingerprint density at radius 2 is 2.25 bits per heavy atom. The molecule has 0 bridgehead atoms. The van der Waals surface area contributed by atoms with Crippen molar-refractivity contribution >= 4 is 11.9 Å². The molecule has 0 fully saturated rings. The number of carboxylic acids is 1. The number of benzene rings is 1. The number of hydrogen-bond acceptors (Lipinski definition) is 5. The molecule has 2 N–H and O–H groups in total. The summed E-state index contributed by atoms with van der Waals surface area (Å²) in [4.78, 5) is 19.4. The van der Waals surface area contributed by atoms with Crippen molar-refractivity contribution in [2.45, 2.75) is 19.6 Å². The van der Waals surface area contributed by atoms with Gasteiger partial charge in [0.1, 0.15) is 18.4 Å². The number of ether oxygens (including phenoxy) is 1. The first-order valence-corrected chi connectivity index (χ1v) is 6.22. The molecule has 0 saturated heterocycles. The lowest BCUT2D eigenvalue weighted by Crippen LogP contribution is -2.26. The third-order valence-electron chi connectivity index (χ3n) is 3.11. The lowest BCUT2D eigenvalue weighted by atomic mass is 10.0. The van der Waals surface area contributed by atoms with Gasteiger partial charge in [-0.1, -0.05) is 12.1 Å². The van der Waals surface area contributed by atoms with Gasteiger partial charge in [0.05, 0.1) is 5.69 Å². The molecular formula is C14H13N3O3. The number of hydrogen-bond donors (Lipinski definition) is 2. The molecule has 0 radical (unpaired) electrons. The predicted octanol–water partition coefficient (Wildman–Crippen LogP) is 1.92. The molecule has 0 unspecified atom stereocenters. The summed E-state index contributed by atoms with van der Waals surface area (Å²) in [6.45, 7) is 1.96. The first kappa shape index (κ1) is 12.4. The molecule has 0 spiro atoms. The van der Waals surface area contributed by atoms with Crippen molar-refractivity contribution < 1.29 is 14.6 Å². The van der Waals surface area contributed by atoms with Crippen LogP contribution in [-0.4, -0.2) is 27.1 Å². The van der Waals surface area contributed by atoms with E-state index in [0.29, 0.717) is 12.6 Å². The largest absolute Gasteiger partial charge is 0.488 e. The number of fused-ring (bicyclic) bond motifs is 3. The minimum absolute atomic E-state index is 0.301. The van der Waals surface area contributed by atoms with Crippen LogP contribution in [0.15, 0.2) is 30.5 Å². The van der Waals surface area contributed by atoms with Crippen molar-refractivity contribution in [1.29, 1.82) is 0 Å². The molecule has 6 heteroatoms. The van der Waals surface area contributed by atoms with E-state index in [1.54, 1.807) is 13.1 Å². The monoisotopic (exact) mass is 271 g/mol. The first-order chi connectivity index (χ1) is 9.65. The van der Waals surface area contributed by atoms with Gasteiger partial charge < -0.3 is 15.2 Å². The van der Waals surface area contributed by atoms with E-state index in [2.05, 4.69) is 15.3 Å².